The molecule has 1 saturated heterocycles. The Bertz CT molecular complexity index is 1170. The highest BCUT2D eigenvalue weighted by Gasteiger charge is 2.42. The molecule has 2 aliphatic heterocycles. The molecule has 2 aromatic heterocycles. The summed E-state index contributed by atoms with van der Waals surface area (Å²) in [6.07, 6.45) is 4.39. The van der Waals surface area contributed by atoms with Crippen LogP contribution >= 0.6 is 22.6 Å². The van der Waals surface area contributed by atoms with Gasteiger partial charge < -0.3 is 14.4 Å². The van der Waals surface area contributed by atoms with Crippen LogP contribution < -0.4 is 9.64 Å². The number of hydrogen-bond donors (Lipinski definition) is 0. The summed E-state index contributed by atoms with van der Waals surface area (Å²) in [5.74, 6) is 1.29. The summed E-state index contributed by atoms with van der Waals surface area (Å²) < 4.78 is 28.4. The van der Waals surface area contributed by atoms with Gasteiger partial charge >= 0.3 is 0 Å². The largest absolute Gasteiger partial charge is 0.486 e. The monoisotopic (exact) mass is 581 g/mol. The van der Waals surface area contributed by atoms with Crippen molar-refractivity contribution >= 4 is 47.6 Å². The summed E-state index contributed by atoms with van der Waals surface area (Å²) in [6.45, 7) is 9.78. The van der Waals surface area contributed by atoms with Gasteiger partial charge in [0.15, 0.2) is 9.35 Å². The molecule has 7 nitrogen and oxygen atoms in total. The fourth-order valence-electron chi connectivity index (χ4n) is 4.48. The summed E-state index contributed by atoms with van der Waals surface area (Å²) in [7, 11) is -1.13. The van der Waals surface area contributed by atoms with Crippen LogP contribution in [0.3, 0.4) is 0 Å². The minimum atomic E-state index is -1.13. The number of aromatic nitrogens is 4. The zero-order valence-corrected chi connectivity index (χ0v) is 22.4. The van der Waals surface area contributed by atoms with E-state index in [9.17, 15) is 4.39 Å². The van der Waals surface area contributed by atoms with Crippen LogP contribution in [0.2, 0.25) is 25.7 Å². The van der Waals surface area contributed by atoms with Crippen molar-refractivity contribution in [3.63, 3.8) is 0 Å². The van der Waals surface area contributed by atoms with Crippen molar-refractivity contribution in [2.75, 3.05) is 24.6 Å². The third-order valence-electron chi connectivity index (χ3n) is 6.47. The number of hydrogen-bond acceptors (Lipinski definition) is 6. The molecular formula is C23H29FIN5O2Si. The van der Waals surface area contributed by atoms with Gasteiger partial charge in [0.25, 0.3) is 0 Å². The Morgan fingerprint density at radius 1 is 1.24 bits per heavy atom. The van der Waals surface area contributed by atoms with Crippen molar-refractivity contribution in [3.05, 3.63) is 39.5 Å². The zero-order chi connectivity index (χ0) is 23.2. The first-order valence-corrected chi connectivity index (χ1v) is 16.2. The molecule has 0 aliphatic carbocycles. The Balaban J connectivity index is 1.27. The Hall–Kier alpha value is -1.79. The van der Waals surface area contributed by atoms with E-state index in [1.54, 1.807) is 0 Å². The van der Waals surface area contributed by atoms with Crippen molar-refractivity contribution in [2.24, 2.45) is 0 Å². The van der Waals surface area contributed by atoms with Crippen LogP contribution in [0.15, 0.2) is 24.4 Å². The van der Waals surface area contributed by atoms with E-state index >= 15 is 0 Å². The van der Waals surface area contributed by atoms with E-state index in [1.807, 2.05) is 16.9 Å². The van der Waals surface area contributed by atoms with Crippen LogP contribution in [0.1, 0.15) is 18.4 Å². The minimum absolute atomic E-state index is 0.245. The average Bonchev–Trinajstić information content (AvgIpc) is 3.27. The van der Waals surface area contributed by atoms with E-state index in [0.29, 0.717) is 12.5 Å². The van der Waals surface area contributed by atoms with Gasteiger partial charge in [-0.05, 0) is 40.3 Å². The van der Waals surface area contributed by atoms with Gasteiger partial charge in [-0.25, -0.2) is 19.0 Å². The van der Waals surface area contributed by atoms with Crippen molar-refractivity contribution in [2.45, 2.75) is 57.3 Å². The van der Waals surface area contributed by atoms with Crippen LogP contribution in [0.5, 0.6) is 5.75 Å². The van der Waals surface area contributed by atoms with Gasteiger partial charge in [0.05, 0.1) is 6.20 Å². The van der Waals surface area contributed by atoms with Gasteiger partial charge in [-0.1, -0.05) is 25.7 Å². The molecule has 176 valence electrons. The Morgan fingerprint density at radius 3 is 2.79 bits per heavy atom. The summed E-state index contributed by atoms with van der Waals surface area (Å²) in [5, 5.41) is 4.59. The first-order valence-electron chi connectivity index (χ1n) is 11.4. The smallest absolute Gasteiger partial charge is 0.182 e. The molecular weight excluding hydrogens is 552 g/mol. The third kappa shape index (κ3) is 4.88. The lowest BCUT2D eigenvalue weighted by molar-refractivity contribution is 0.0664. The minimum Gasteiger partial charge on any atom is -0.486 e. The molecule has 4 heterocycles. The van der Waals surface area contributed by atoms with Crippen LogP contribution in [0.4, 0.5) is 10.2 Å². The Kier molecular flexibility index (Phi) is 6.10. The summed E-state index contributed by atoms with van der Waals surface area (Å²) in [4.78, 5) is 11.8. The highest BCUT2D eigenvalue weighted by Crippen LogP contribution is 2.41. The molecule has 0 amide bonds. The molecule has 3 aromatic rings. The first-order chi connectivity index (χ1) is 15.7. The van der Waals surface area contributed by atoms with Crippen LogP contribution in [0.25, 0.3) is 11.2 Å². The van der Waals surface area contributed by atoms with Crippen molar-refractivity contribution < 1.29 is 13.9 Å². The molecule has 0 N–H and O–H groups in total. The molecule has 0 saturated carbocycles. The predicted molar refractivity (Wildman–Crippen MR) is 137 cm³/mol. The number of halogens is 2. The highest BCUT2D eigenvalue weighted by atomic mass is 127. The topological polar surface area (TPSA) is 65.3 Å². The molecule has 0 bridgehead atoms. The van der Waals surface area contributed by atoms with E-state index < -0.39 is 8.07 Å². The second-order valence-electron chi connectivity index (χ2n) is 10.2. The summed E-state index contributed by atoms with van der Waals surface area (Å²) in [6, 6.07) is 5.99. The summed E-state index contributed by atoms with van der Waals surface area (Å²) >= 11 is 2.20. The Labute approximate surface area is 207 Å². The van der Waals surface area contributed by atoms with E-state index in [-0.39, 0.29) is 11.4 Å². The SMILES string of the molecule is C[Si](C)(C)CCOCn1nc(I)c2ncc(N3CCC4(CC3)Cc3ccc(F)cc3O4)nc21. The molecule has 5 rings (SSSR count). The molecule has 0 atom stereocenters. The van der Waals surface area contributed by atoms with Crippen LogP contribution in [0, 0.1) is 9.52 Å². The molecule has 10 heteroatoms. The molecule has 1 aromatic carbocycles. The standard InChI is InChI=1S/C23H29FIN5O2Si/c1-33(2,3)11-10-31-15-30-22-20(21(25)28-30)26-14-19(27-22)29-8-6-23(7-9-29)13-16-4-5-17(24)12-18(16)32-23/h4-5,12,14H,6-11,13,15H2,1-3H3. The zero-order valence-electron chi connectivity index (χ0n) is 19.3. The van der Waals surface area contributed by atoms with E-state index in [2.05, 4.69) is 57.2 Å². The second-order valence-corrected chi connectivity index (χ2v) is 16.9. The number of fused-ring (bicyclic) bond motifs is 2. The average molecular weight is 582 g/mol. The lowest BCUT2D eigenvalue weighted by atomic mass is 9.87. The second kappa shape index (κ2) is 8.77. The number of benzene rings is 1. The third-order valence-corrected chi connectivity index (χ3v) is 8.90. The maximum absolute atomic E-state index is 13.6. The van der Waals surface area contributed by atoms with Crippen LogP contribution in [-0.4, -0.2) is 53.1 Å². The molecule has 0 radical (unpaired) electrons. The lowest BCUT2D eigenvalue weighted by Crippen LogP contribution is -2.47. The van der Waals surface area contributed by atoms with Gasteiger partial charge in [-0.2, -0.15) is 5.10 Å². The first kappa shape index (κ1) is 23.0. The van der Waals surface area contributed by atoms with Gasteiger partial charge in [0.1, 0.15) is 35.2 Å². The van der Waals surface area contributed by atoms with Crippen molar-refractivity contribution in [1.82, 2.24) is 19.7 Å². The number of piperidine rings is 1. The molecule has 1 fully saturated rings. The van der Waals surface area contributed by atoms with Gasteiger partial charge in [-0.3, -0.25) is 0 Å². The lowest BCUT2D eigenvalue weighted by Gasteiger charge is -2.39. The normalized spacial score (nSPS) is 17.5. The van der Waals surface area contributed by atoms with E-state index in [4.69, 9.17) is 14.5 Å². The van der Waals surface area contributed by atoms with Crippen LogP contribution in [-0.2, 0) is 17.9 Å². The number of ether oxygens (including phenoxy) is 2. The van der Waals surface area contributed by atoms with E-state index in [1.165, 1.54) is 12.1 Å². The fraction of sp³-hybridized carbons (Fsp3) is 0.522. The van der Waals surface area contributed by atoms with E-state index in [0.717, 1.165) is 71.2 Å². The maximum Gasteiger partial charge on any atom is 0.182 e. The van der Waals surface area contributed by atoms with Crippen molar-refractivity contribution in [3.8, 4) is 5.75 Å². The van der Waals surface area contributed by atoms with Gasteiger partial charge in [-0.15, -0.1) is 0 Å². The molecule has 1 spiro atoms. The molecule has 33 heavy (non-hydrogen) atoms. The van der Waals surface area contributed by atoms with Crippen molar-refractivity contribution in [1.29, 1.82) is 0 Å². The predicted octanol–water partition coefficient (Wildman–Crippen LogP) is 4.86. The maximum atomic E-state index is 13.6. The Morgan fingerprint density at radius 2 is 2.03 bits per heavy atom. The van der Waals surface area contributed by atoms with Gasteiger partial charge in [0.2, 0.25) is 0 Å². The number of rotatable bonds is 6. The quantitative estimate of drug-likeness (QED) is 0.236. The highest BCUT2D eigenvalue weighted by molar-refractivity contribution is 14.1. The number of anilines is 1. The fourth-order valence-corrected chi connectivity index (χ4v) is 5.87. The molecule has 0 unspecified atom stereocenters. The number of nitrogens with zero attached hydrogens (tertiary/aromatic N) is 5. The molecule has 2 aliphatic rings. The summed E-state index contributed by atoms with van der Waals surface area (Å²) in [5.41, 5.74) is 2.41. The van der Waals surface area contributed by atoms with Gasteiger partial charge in [0, 0.05) is 53.1 Å².